The maximum absolute atomic E-state index is 11.5. The summed E-state index contributed by atoms with van der Waals surface area (Å²) in [5, 5.41) is 18.8. The van der Waals surface area contributed by atoms with E-state index < -0.39 is 23.6 Å². The first-order valence-electron chi connectivity index (χ1n) is 4.62. The van der Waals surface area contributed by atoms with Gasteiger partial charge in [0.2, 0.25) is 0 Å². The Morgan fingerprint density at radius 1 is 1.25 bits per heavy atom. The van der Waals surface area contributed by atoms with E-state index in [1.807, 2.05) is 0 Å². The summed E-state index contributed by atoms with van der Waals surface area (Å²) in [6.07, 6.45) is -0.0528. The maximum Gasteiger partial charge on any atom is 0.343 e. The summed E-state index contributed by atoms with van der Waals surface area (Å²) in [6, 6.07) is 0. The molecular weight excluding hydrogens is 255 g/mol. The van der Waals surface area contributed by atoms with Gasteiger partial charge in [-0.25, -0.2) is 4.79 Å². The number of fused-ring (bicyclic) bond motifs is 1. The number of cyclic esters (lactones) is 1. The number of ether oxygens (including phenoxy) is 1. The van der Waals surface area contributed by atoms with E-state index in [0.717, 1.165) is 0 Å². The fraction of sp³-hybridized carbons (Fsp3) is 0.300. The molecule has 4 nitrogen and oxygen atoms in total. The molecule has 2 rings (SSSR count). The van der Waals surface area contributed by atoms with E-state index in [2.05, 4.69) is 0 Å². The minimum absolute atomic E-state index is 0.0458. The number of halogens is 2. The van der Waals surface area contributed by atoms with Crippen LogP contribution >= 0.6 is 23.2 Å². The van der Waals surface area contributed by atoms with Gasteiger partial charge in [0.1, 0.15) is 16.7 Å². The van der Waals surface area contributed by atoms with Crippen molar-refractivity contribution in [3.05, 3.63) is 21.2 Å². The van der Waals surface area contributed by atoms with Crippen molar-refractivity contribution in [1.29, 1.82) is 0 Å². The third-order valence-electron chi connectivity index (χ3n) is 2.51. The molecular formula is C10H8Cl2O4. The molecule has 0 aliphatic carbocycles. The highest BCUT2D eigenvalue weighted by molar-refractivity contribution is 6.39. The van der Waals surface area contributed by atoms with Gasteiger partial charge in [0.05, 0.1) is 5.02 Å². The molecule has 0 aromatic heterocycles. The number of phenolic OH excluding ortho intramolecular Hbond substituents is 2. The van der Waals surface area contributed by atoms with Gasteiger partial charge in [0.15, 0.2) is 11.5 Å². The Morgan fingerprint density at radius 3 is 2.44 bits per heavy atom. The minimum Gasteiger partial charge on any atom is -0.505 e. The average Bonchev–Trinajstić information content (AvgIpc) is 2.60. The molecule has 0 fully saturated rings. The summed E-state index contributed by atoms with van der Waals surface area (Å²) < 4.78 is 5.00. The van der Waals surface area contributed by atoms with Crippen molar-refractivity contribution < 1.29 is 19.7 Å². The highest BCUT2D eigenvalue weighted by Crippen LogP contribution is 2.50. The first kappa shape index (κ1) is 11.4. The van der Waals surface area contributed by atoms with E-state index in [1.165, 1.54) is 0 Å². The fourth-order valence-electron chi connectivity index (χ4n) is 1.73. The second-order valence-corrected chi connectivity index (χ2v) is 4.17. The molecule has 16 heavy (non-hydrogen) atoms. The maximum atomic E-state index is 11.5. The molecule has 0 bridgehead atoms. The molecule has 2 N–H and O–H groups in total. The average molecular weight is 263 g/mol. The zero-order valence-corrected chi connectivity index (χ0v) is 9.76. The van der Waals surface area contributed by atoms with Crippen LogP contribution in [0, 0.1) is 0 Å². The number of carbonyl (C=O) groups is 1. The molecule has 1 aliphatic rings. The van der Waals surface area contributed by atoms with E-state index in [9.17, 15) is 15.0 Å². The number of benzene rings is 1. The first-order chi connectivity index (χ1) is 7.49. The van der Waals surface area contributed by atoms with Gasteiger partial charge in [-0.2, -0.15) is 0 Å². The van der Waals surface area contributed by atoms with Crippen LogP contribution in [0.1, 0.15) is 35.4 Å². The van der Waals surface area contributed by atoms with E-state index in [0.29, 0.717) is 12.0 Å². The third-order valence-corrected chi connectivity index (χ3v) is 3.25. The number of esters is 1. The van der Waals surface area contributed by atoms with Gasteiger partial charge in [-0.05, 0) is 6.42 Å². The summed E-state index contributed by atoms with van der Waals surface area (Å²) in [5.41, 5.74) is 0.244. The number of hydrogen-bond donors (Lipinski definition) is 2. The van der Waals surface area contributed by atoms with Gasteiger partial charge >= 0.3 is 5.97 Å². The Kier molecular flexibility index (Phi) is 2.64. The van der Waals surface area contributed by atoms with Crippen LogP contribution in [0.5, 0.6) is 11.5 Å². The standard InChI is InChI=1S/C10H8Cl2O4/c1-2-3-4-5(10(15)16-3)8(13)7(12)9(14)6(4)11/h3,13-14H,2H2,1H3/t3-/m1/s1. The van der Waals surface area contributed by atoms with Crippen molar-refractivity contribution in [2.45, 2.75) is 19.4 Å². The van der Waals surface area contributed by atoms with Crippen molar-refractivity contribution in [2.75, 3.05) is 0 Å². The number of carbonyl (C=O) groups excluding carboxylic acids is 1. The van der Waals surface area contributed by atoms with Crippen molar-refractivity contribution >= 4 is 29.2 Å². The van der Waals surface area contributed by atoms with E-state index in [4.69, 9.17) is 27.9 Å². The molecule has 6 heteroatoms. The Bertz CT molecular complexity index is 484. The molecule has 0 amide bonds. The van der Waals surface area contributed by atoms with Crippen LogP contribution < -0.4 is 0 Å². The molecule has 0 spiro atoms. The molecule has 1 aromatic carbocycles. The van der Waals surface area contributed by atoms with Gasteiger partial charge in [-0.15, -0.1) is 0 Å². The van der Waals surface area contributed by atoms with E-state index in [-0.39, 0.29) is 15.6 Å². The second-order valence-electron chi connectivity index (χ2n) is 3.42. The highest BCUT2D eigenvalue weighted by Gasteiger charge is 2.38. The van der Waals surface area contributed by atoms with Gasteiger partial charge < -0.3 is 14.9 Å². The van der Waals surface area contributed by atoms with Crippen molar-refractivity contribution in [3.8, 4) is 11.5 Å². The summed E-state index contributed by atoms with van der Waals surface area (Å²) in [4.78, 5) is 11.5. The lowest BCUT2D eigenvalue weighted by Gasteiger charge is -2.11. The summed E-state index contributed by atoms with van der Waals surface area (Å²) in [5.74, 6) is -1.60. The molecule has 1 aliphatic heterocycles. The van der Waals surface area contributed by atoms with Crippen molar-refractivity contribution in [1.82, 2.24) is 0 Å². The lowest BCUT2D eigenvalue weighted by atomic mass is 10.0. The molecule has 0 saturated carbocycles. The molecule has 1 aromatic rings. The Labute approximate surface area is 101 Å². The molecule has 1 heterocycles. The predicted molar refractivity (Wildman–Crippen MR) is 58.2 cm³/mol. The highest BCUT2D eigenvalue weighted by atomic mass is 35.5. The Balaban J connectivity index is 2.80. The summed E-state index contributed by atoms with van der Waals surface area (Å²) in [6.45, 7) is 1.80. The van der Waals surface area contributed by atoms with Crippen molar-refractivity contribution in [2.24, 2.45) is 0 Å². The third kappa shape index (κ3) is 1.33. The molecule has 0 unspecified atom stereocenters. The molecule has 86 valence electrons. The van der Waals surface area contributed by atoms with Gasteiger partial charge in [0.25, 0.3) is 0 Å². The lowest BCUT2D eigenvalue weighted by molar-refractivity contribution is 0.0377. The zero-order valence-electron chi connectivity index (χ0n) is 8.25. The van der Waals surface area contributed by atoms with Gasteiger partial charge in [0, 0.05) is 5.56 Å². The fourth-order valence-corrected chi connectivity index (χ4v) is 2.27. The number of phenols is 2. The Morgan fingerprint density at radius 2 is 1.88 bits per heavy atom. The zero-order chi connectivity index (χ0) is 12.0. The topological polar surface area (TPSA) is 66.8 Å². The minimum atomic E-state index is -0.678. The quantitative estimate of drug-likeness (QED) is 0.764. The number of rotatable bonds is 1. The summed E-state index contributed by atoms with van der Waals surface area (Å²) >= 11 is 11.5. The smallest absolute Gasteiger partial charge is 0.343 e. The number of aromatic hydroxyl groups is 2. The van der Waals surface area contributed by atoms with E-state index >= 15 is 0 Å². The van der Waals surface area contributed by atoms with Crippen LogP contribution in [-0.2, 0) is 4.74 Å². The first-order valence-corrected chi connectivity index (χ1v) is 5.38. The molecule has 0 saturated heterocycles. The molecule has 1 atom stereocenters. The van der Waals surface area contributed by atoms with Crippen LogP contribution in [0.3, 0.4) is 0 Å². The number of hydrogen-bond acceptors (Lipinski definition) is 4. The van der Waals surface area contributed by atoms with Gasteiger partial charge in [-0.1, -0.05) is 30.1 Å². The van der Waals surface area contributed by atoms with Crippen LogP contribution in [0.15, 0.2) is 0 Å². The second kappa shape index (κ2) is 3.71. The van der Waals surface area contributed by atoms with Gasteiger partial charge in [-0.3, -0.25) is 0 Å². The summed E-state index contributed by atoms with van der Waals surface area (Å²) in [7, 11) is 0. The normalized spacial score (nSPS) is 18.4. The monoisotopic (exact) mass is 262 g/mol. The molecule has 0 radical (unpaired) electrons. The van der Waals surface area contributed by atoms with Crippen molar-refractivity contribution in [3.63, 3.8) is 0 Å². The van der Waals surface area contributed by atoms with Crippen LogP contribution in [-0.4, -0.2) is 16.2 Å². The SMILES string of the molecule is CC[C@H]1OC(=O)c2c(O)c(Cl)c(O)c(Cl)c21. The predicted octanol–water partition coefficient (Wildman–Crippen LogP) is 3.03. The Hall–Kier alpha value is -1.13. The lowest BCUT2D eigenvalue weighted by Crippen LogP contribution is -1.96. The van der Waals surface area contributed by atoms with Crippen LogP contribution in [0.25, 0.3) is 0 Å². The van der Waals surface area contributed by atoms with Crippen LogP contribution in [0.2, 0.25) is 10.0 Å². The largest absolute Gasteiger partial charge is 0.505 e. The van der Waals surface area contributed by atoms with E-state index in [1.54, 1.807) is 6.92 Å². The van der Waals surface area contributed by atoms with Crippen LogP contribution in [0.4, 0.5) is 0 Å².